The van der Waals surface area contributed by atoms with Gasteiger partial charge in [-0.25, -0.2) is 4.99 Å². The second-order valence-corrected chi connectivity index (χ2v) is 5.63. The molecule has 1 aromatic heterocycles. The van der Waals surface area contributed by atoms with Crippen LogP contribution in [0.4, 0.5) is 0 Å². The lowest BCUT2D eigenvalue weighted by atomic mass is 10.1. The number of guanidine groups is 1. The van der Waals surface area contributed by atoms with Crippen LogP contribution in [0.2, 0.25) is 0 Å². The fraction of sp³-hybridized carbons (Fsp3) is 0.389. The van der Waals surface area contributed by atoms with E-state index >= 15 is 0 Å². The van der Waals surface area contributed by atoms with Crippen LogP contribution in [0.15, 0.2) is 29.3 Å². The molecule has 2 rings (SSSR count). The van der Waals surface area contributed by atoms with E-state index in [4.69, 9.17) is 5.26 Å². The van der Waals surface area contributed by atoms with Gasteiger partial charge < -0.3 is 10.6 Å². The third-order valence-electron chi connectivity index (χ3n) is 3.94. The van der Waals surface area contributed by atoms with Gasteiger partial charge in [0.05, 0.1) is 23.9 Å². The average molecular weight is 324 g/mol. The number of aromatic nitrogens is 2. The molecule has 0 spiro atoms. The largest absolute Gasteiger partial charge is 0.357 e. The van der Waals surface area contributed by atoms with Crippen molar-refractivity contribution in [3.8, 4) is 6.07 Å². The molecule has 0 unspecified atom stereocenters. The fourth-order valence-corrected chi connectivity index (χ4v) is 2.44. The van der Waals surface area contributed by atoms with Gasteiger partial charge in [0, 0.05) is 31.4 Å². The van der Waals surface area contributed by atoms with Crippen molar-refractivity contribution in [3.63, 3.8) is 0 Å². The summed E-state index contributed by atoms with van der Waals surface area (Å²) in [6.07, 6.45) is 0. The highest BCUT2D eigenvalue weighted by Gasteiger charge is 2.09. The van der Waals surface area contributed by atoms with Crippen LogP contribution in [0.5, 0.6) is 0 Å². The molecule has 0 aliphatic heterocycles. The minimum atomic E-state index is 0.562. The molecule has 0 aliphatic rings. The molecule has 0 saturated heterocycles. The first-order valence-electron chi connectivity index (χ1n) is 8.05. The number of nitriles is 1. The molecular formula is C18H24N6. The van der Waals surface area contributed by atoms with Crippen LogP contribution >= 0.6 is 0 Å². The van der Waals surface area contributed by atoms with Gasteiger partial charge in [-0.15, -0.1) is 0 Å². The molecule has 0 atom stereocenters. The van der Waals surface area contributed by atoms with Crippen molar-refractivity contribution in [2.75, 3.05) is 6.54 Å². The Labute approximate surface area is 143 Å². The summed E-state index contributed by atoms with van der Waals surface area (Å²) in [5.74, 6) is 0.768. The number of aliphatic imine (C=N–C) groups is 1. The van der Waals surface area contributed by atoms with Gasteiger partial charge >= 0.3 is 0 Å². The Morgan fingerprint density at radius 1 is 1.25 bits per heavy atom. The smallest absolute Gasteiger partial charge is 0.191 e. The van der Waals surface area contributed by atoms with E-state index in [1.54, 1.807) is 0 Å². The van der Waals surface area contributed by atoms with Gasteiger partial charge in [0.15, 0.2) is 5.96 Å². The Morgan fingerprint density at radius 2 is 1.96 bits per heavy atom. The predicted octanol–water partition coefficient (Wildman–Crippen LogP) is 2.16. The SMILES string of the molecule is CCNC(=NCc1ccc(C#N)cc1)NCc1c(C)nn(C)c1C. The van der Waals surface area contributed by atoms with E-state index in [-0.39, 0.29) is 0 Å². The molecule has 24 heavy (non-hydrogen) atoms. The molecule has 0 aliphatic carbocycles. The Hall–Kier alpha value is -2.81. The molecule has 1 aromatic carbocycles. The third-order valence-corrected chi connectivity index (χ3v) is 3.94. The number of benzene rings is 1. The summed E-state index contributed by atoms with van der Waals surface area (Å²) in [4.78, 5) is 4.60. The summed E-state index contributed by atoms with van der Waals surface area (Å²) in [6.45, 7) is 8.17. The van der Waals surface area contributed by atoms with Crippen LogP contribution in [0.3, 0.4) is 0 Å². The van der Waals surface area contributed by atoms with Crippen molar-refractivity contribution < 1.29 is 0 Å². The third kappa shape index (κ3) is 4.35. The van der Waals surface area contributed by atoms with Gasteiger partial charge in [-0.3, -0.25) is 4.68 Å². The van der Waals surface area contributed by atoms with E-state index in [0.717, 1.165) is 29.5 Å². The maximum absolute atomic E-state index is 8.84. The molecule has 6 heteroatoms. The fourth-order valence-electron chi connectivity index (χ4n) is 2.44. The minimum absolute atomic E-state index is 0.562. The topological polar surface area (TPSA) is 78.0 Å². The first-order valence-corrected chi connectivity index (χ1v) is 8.05. The number of nitrogens with one attached hydrogen (secondary N) is 2. The van der Waals surface area contributed by atoms with Crippen molar-refractivity contribution in [2.24, 2.45) is 12.0 Å². The van der Waals surface area contributed by atoms with Crippen LogP contribution < -0.4 is 10.6 Å². The molecule has 1 heterocycles. The number of hydrogen-bond acceptors (Lipinski definition) is 3. The van der Waals surface area contributed by atoms with Gasteiger partial charge in [0.2, 0.25) is 0 Å². The molecule has 0 bridgehead atoms. The second kappa shape index (κ2) is 8.16. The lowest BCUT2D eigenvalue weighted by Crippen LogP contribution is -2.37. The lowest BCUT2D eigenvalue weighted by Gasteiger charge is -2.11. The van der Waals surface area contributed by atoms with Gasteiger partial charge in [0.25, 0.3) is 0 Å². The Bertz CT molecular complexity index is 749. The summed E-state index contributed by atoms with van der Waals surface area (Å²) in [7, 11) is 1.95. The van der Waals surface area contributed by atoms with E-state index in [2.05, 4.69) is 33.7 Å². The van der Waals surface area contributed by atoms with Crippen molar-refractivity contribution in [1.82, 2.24) is 20.4 Å². The van der Waals surface area contributed by atoms with E-state index < -0.39 is 0 Å². The minimum Gasteiger partial charge on any atom is -0.357 e. The highest BCUT2D eigenvalue weighted by molar-refractivity contribution is 5.79. The van der Waals surface area contributed by atoms with Crippen LogP contribution in [-0.4, -0.2) is 22.3 Å². The number of rotatable bonds is 5. The quantitative estimate of drug-likeness (QED) is 0.652. The van der Waals surface area contributed by atoms with E-state index in [9.17, 15) is 0 Å². The number of nitrogens with zero attached hydrogens (tertiary/aromatic N) is 4. The zero-order valence-corrected chi connectivity index (χ0v) is 14.7. The molecule has 0 amide bonds. The molecule has 2 N–H and O–H groups in total. The van der Waals surface area contributed by atoms with Gasteiger partial charge in [0.1, 0.15) is 0 Å². The molecule has 0 fully saturated rings. The molecule has 0 radical (unpaired) electrons. The Kier molecular flexibility index (Phi) is 5.96. The first kappa shape index (κ1) is 17.5. The van der Waals surface area contributed by atoms with E-state index in [1.807, 2.05) is 49.8 Å². The highest BCUT2D eigenvalue weighted by Crippen LogP contribution is 2.11. The predicted molar refractivity (Wildman–Crippen MR) is 95.5 cm³/mol. The lowest BCUT2D eigenvalue weighted by molar-refractivity contribution is 0.728. The molecule has 126 valence electrons. The number of aryl methyl sites for hydroxylation is 2. The summed E-state index contributed by atoms with van der Waals surface area (Å²) >= 11 is 0. The standard InChI is InChI=1S/C18H24N6/c1-5-20-18(21-11-16-8-6-15(10-19)7-9-16)22-12-17-13(2)23-24(4)14(17)3/h6-9H,5,11-12H2,1-4H3,(H2,20,21,22). The first-order chi connectivity index (χ1) is 11.5. The molecule has 6 nitrogen and oxygen atoms in total. The maximum atomic E-state index is 8.84. The van der Waals surface area contributed by atoms with Crippen molar-refractivity contribution in [3.05, 3.63) is 52.3 Å². The second-order valence-electron chi connectivity index (χ2n) is 5.63. The van der Waals surface area contributed by atoms with Crippen molar-refractivity contribution in [1.29, 1.82) is 5.26 Å². The van der Waals surface area contributed by atoms with E-state index in [0.29, 0.717) is 18.7 Å². The van der Waals surface area contributed by atoms with Crippen LogP contribution in [0.1, 0.15) is 35.0 Å². The summed E-state index contributed by atoms with van der Waals surface area (Å²) in [6, 6.07) is 9.61. The van der Waals surface area contributed by atoms with Gasteiger partial charge in [-0.05, 0) is 38.5 Å². The zero-order valence-electron chi connectivity index (χ0n) is 14.7. The zero-order chi connectivity index (χ0) is 17.5. The monoisotopic (exact) mass is 324 g/mol. The van der Waals surface area contributed by atoms with Crippen molar-refractivity contribution >= 4 is 5.96 Å². The van der Waals surface area contributed by atoms with Gasteiger partial charge in [-0.1, -0.05) is 12.1 Å². The Morgan fingerprint density at radius 3 is 2.50 bits per heavy atom. The van der Waals surface area contributed by atoms with Crippen LogP contribution in [0.25, 0.3) is 0 Å². The normalized spacial score (nSPS) is 11.2. The maximum Gasteiger partial charge on any atom is 0.191 e. The molecular weight excluding hydrogens is 300 g/mol. The summed E-state index contributed by atoms with van der Waals surface area (Å²) in [5.41, 5.74) is 5.12. The van der Waals surface area contributed by atoms with Gasteiger partial charge in [-0.2, -0.15) is 10.4 Å². The molecule has 2 aromatic rings. The summed E-state index contributed by atoms with van der Waals surface area (Å²) in [5, 5.41) is 19.9. The number of hydrogen-bond donors (Lipinski definition) is 2. The summed E-state index contributed by atoms with van der Waals surface area (Å²) < 4.78 is 1.90. The van der Waals surface area contributed by atoms with Crippen molar-refractivity contribution in [2.45, 2.75) is 33.9 Å². The van der Waals surface area contributed by atoms with Crippen LogP contribution in [0, 0.1) is 25.2 Å². The molecule has 0 saturated carbocycles. The van der Waals surface area contributed by atoms with E-state index in [1.165, 1.54) is 5.56 Å². The highest BCUT2D eigenvalue weighted by atomic mass is 15.3. The van der Waals surface area contributed by atoms with Crippen LogP contribution in [-0.2, 0) is 20.1 Å². The Balaban J connectivity index is 2.03. The average Bonchev–Trinajstić information content (AvgIpc) is 2.83.